The van der Waals surface area contributed by atoms with Crippen LogP contribution >= 0.6 is 0 Å². The van der Waals surface area contributed by atoms with E-state index < -0.39 is 12.1 Å². The highest BCUT2D eigenvalue weighted by molar-refractivity contribution is 5.76. The molecule has 334 valence electrons. The van der Waals surface area contributed by atoms with Crippen molar-refractivity contribution in [3.8, 4) is 0 Å². The zero-order valence-corrected chi connectivity index (χ0v) is 37.8. The predicted molar refractivity (Wildman–Crippen MR) is 246 cm³/mol. The summed E-state index contributed by atoms with van der Waals surface area (Å²) >= 11 is 0. The maximum atomic E-state index is 12.4. The van der Waals surface area contributed by atoms with E-state index in [1.165, 1.54) is 141 Å². The number of unbranched alkanes of at least 4 members (excludes halogenated alkanes) is 30. The number of rotatable bonds is 45. The van der Waals surface area contributed by atoms with E-state index in [0.29, 0.717) is 19.4 Å². The van der Waals surface area contributed by atoms with Gasteiger partial charge >= 0.3 is 5.97 Å². The molecule has 57 heavy (non-hydrogen) atoms. The molecule has 0 saturated carbocycles. The zero-order chi connectivity index (χ0) is 41.5. The number of nitrogens with one attached hydrogen (secondary N) is 1. The van der Waals surface area contributed by atoms with Gasteiger partial charge in [0.2, 0.25) is 5.91 Å². The van der Waals surface area contributed by atoms with Gasteiger partial charge in [0, 0.05) is 12.8 Å². The van der Waals surface area contributed by atoms with Crippen LogP contribution in [0.15, 0.2) is 36.5 Å². The SMILES string of the molecule is CCCCCCC/C=C\CCCCCCCC(=O)OCCCC/C=C\CCCCCCCC(=O)NC(CO)C(O)/C=C/CCCCCCCCCCCCCCC. The first-order valence-electron chi connectivity index (χ1n) is 24.8. The first-order chi connectivity index (χ1) is 28.0. The number of carbonyl (C=O) groups excluding carboxylic acids is 2. The molecule has 6 nitrogen and oxygen atoms in total. The van der Waals surface area contributed by atoms with Gasteiger partial charge in [-0.25, -0.2) is 0 Å². The number of allylic oxidation sites excluding steroid dienone is 5. The molecule has 0 radical (unpaired) electrons. The fourth-order valence-corrected chi connectivity index (χ4v) is 7.27. The van der Waals surface area contributed by atoms with Crippen molar-refractivity contribution in [2.45, 2.75) is 264 Å². The molecule has 0 saturated heterocycles. The fraction of sp³-hybridized carbons (Fsp3) is 0.843. The van der Waals surface area contributed by atoms with Crippen LogP contribution < -0.4 is 5.32 Å². The van der Waals surface area contributed by atoms with Gasteiger partial charge in [-0.3, -0.25) is 9.59 Å². The van der Waals surface area contributed by atoms with E-state index in [-0.39, 0.29) is 18.5 Å². The molecule has 0 aromatic rings. The third-order valence-corrected chi connectivity index (χ3v) is 11.1. The molecule has 1 amide bonds. The summed E-state index contributed by atoms with van der Waals surface area (Å²) in [6, 6.07) is -0.649. The highest BCUT2D eigenvalue weighted by atomic mass is 16.5. The lowest BCUT2D eigenvalue weighted by atomic mass is 10.0. The van der Waals surface area contributed by atoms with Crippen LogP contribution in [0, 0.1) is 0 Å². The van der Waals surface area contributed by atoms with Crippen LogP contribution in [-0.2, 0) is 14.3 Å². The van der Waals surface area contributed by atoms with Crippen LogP contribution in [0.25, 0.3) is 0 Å². The van der Waals surface area contributed by atoms with Gasteiger partial charge in [0.25, 0.3) is 0 Å². The fourth-order valence-electron chi connectivity index (χ4n) is 7.27. The highest BCUT2D eigenvalue weighted by Crippen LogP contribution is 2.14. The normalized spacial score (nSPS) is 13.0. The first kappa shape index (κ1) is 55.1. The average Bonchev–Trinajstić information content (AvgIpc) is 3.21. The molecule has 2 atom stereocenters. The molecule has 0 aliphatic heterocycles. The average molecular weight is 802 g/mol. The van der Waals surface area contributed by atoms with Crippen molar-refractivity contribution < 1.29 is 24.5 Å². The van der Waals surface area contributed by atoms with E-state index in [1.807, 2.05) is 6.08 Å². The molecule has 0 aromatic carbocycles. The molecule has 0 aliphatic carbocycles. The van der Waals surface area contributed by atoms with Gasteiger partial charge in [-0.05, 0) is 83.5 Å². The molecule has 6 heteroatoms. The van der Waals surface area contributed by atoms with Gasteiger partial charge < -0.3 is 20.3 Å². The largest absolute Gasteiger partial charge is 0.466 e. The summed E-state index contributed by atoms with van der Waals surface area (Å²) in [5.41, 5.74) is 0. The summed E-state index contributed by atoms with van der Waals surface area (Å²) < 4.78 is 5.42. The van der Waals surface area contributed by atoms with E-state index in [2.05, 4.69) is 43.5 Å². The Hall–Kier alpha value is -1.92. The van der Waals surface area contributed by atoms with Crippen molar-refractivity contribution in [3.05, 3.63) is 36.5 Å². The molecule has 0 bridgehead atoms. The molecule has 0 rings (SSSR count). The van der Waals surface area contributed by atoms with Gasteiger partial charge in [-0.15, -0.1) is 0 Å². The van der Waals surface area contributed by atoms with Crippen LogP contribution in [0.1, 0.15) is 251 Å². The molecular formula is C51H95NO5. The van der Waals surface area contributed by atoms with Crippen molar-refractivity contribution in [3.63, 3.8) is 0 Å². The van der Waals surface area contributed by atoms with Gasteiger partial charge in [0.1, 0.15) is 0 Å². The minimum Gasteiger partial charge on any atom is -0.466 e. The summed E-state index contributed by atoms with van der Waals surface area (Å²) in [5, 5.41) is 23.0. The van der Waals surface area contributed by atoms with Crippen LogP contribution in [0.2, 0.25) is 0 Å². The summed E-state index contributed by atoms with van der Waals surface area (Å²) in [6.45, 7) is 4.80. The van der Waals surface area contributed by atoms with Crippen LogP contribution in [0.3, 0.4) is 0 Å². The second-order valence-electron chi connectivity index (χ2n) is 16.8. The zero-order valence-electron chi connectivity index (χ0n) is 37.8. The van der Waals surface area contributed by atoms with E-state index in [0.717, 1.165) is 83.5 Å². The first-order valence-corrected chi connectivity index (χ1v) is 24.8. The molecule has 2 unspecified atom stereocenters. The number of aliphatic hydroxyl groups is 2. The molecule has 0 aromatic heterocycles. The molecule has 0 aliphatic rings. The Bertz CT molecular complexity index is 931. The topological polar surface area (TPSA) is 95.9 Å². The molecule has 3 N–H and O–H groups in total. The lowest BCUT2D eigenvalue weighted by Crippen LogP contribution is -2.45. The minimum absolute atomic E-state index is 0.0423. The number of ether oxygens (including phenoxy) is 1. The third-order valence-electron chi connectivity index (χ3n) is 11.1. The van der Waals surface area contributed by atoms with E-state index in [1.54, 1.807) is 6.08 Å². The standard InChI is InChI=1S/C51H95NO5/c1-3-5-7-9-11-13-15-17-19-20-23-27-31-35-39-43-49(54)48(47-53)52-50(55)44-40-36-32-28-24-22-26-30-34-38-42-46-57-51(56)45-41-37-33-29-25-21-18-16-14-12-10-8-6-4-2/h16,18,26,30,39,43,48-49,53-54H,3-15,17,19-25,27-29,31-38,40-42,44-47H2,1-2H3,(H,52,55)/b18-16-,30-26-,43-39+. The van der Waals surface area contributed by atoms with Gasteiger partial charge in [0.15, 0.2) is 0 Å². The molecule has 0 spiro atoms. The molecule has 0 fully saturated rings. The van der Waals surface area contributed by atoms with Crippen LogP contribution in [-0.4, -0.2) is 47.4 Å². The maximum Gasteiger partial charge on any atom is 0.305 e. The van der Waals surface area contributed by atoms with Crippen molar-refractivity contribution in [2.24, 2.45) is 0 Å². The van der Waals surface area contributed by atoms with E-state index in [4.69, 9.17) is 4.74 Å². The summed E-state index contributed by atoms with van der Waals surface area (Å²) in [5.74, 6) is -0.140. The van der Waals surface area contributed by atoms with Gasteiger partial charge in [0.05, 0.1) is 25.4 Å². The van der Waals surface area contributed by atoms with Gasteiger partial charge in [-0.1, -0.05) is 192 Å². The third kappa shape index (κ3) is 43.5. The van der Waals surface area contributed by atoms with Crippen molar-refractivity contribution in [1.29, 1.82) is 0 Å². The Balaban J connectivity index is 3.57. The van der Waals surface area contributed by atoms with Crippen molar-refractivity contribution in [2.75, 3.05) is 13.2 Å². The number of carbonyl (C=O) groups is 2. The second kappa shape index (κ2) is 46.8. The highest BCUT2D eigenvalue weighted by Gasteiger charge is 2.18. The number of aliphatic hydroxyl groups excluding tert-OH is 2. The van der Waals surface area contributed by atoms with E-state index in [9.17, 15) is 19.8 Å². The quantitative estimate of drug-likeness (QED) is 0.0324. The summed E-state index contributed by atoms with van der Waals surface area (Å²) in [4.78, 5) is 24.4. The number of hydrogen-bond acceptors (Lipinski definition) is 5. The smallest absolute Gasteiger partial charge is 0.305 e. The summed E-state index contributed by atoms with van der Waals surface area (Å²) in [7, 11) is 0. The Morgan fingerprint density at radius 1 is 0.474 bits per heavy atom. The van der Waals surface area contributed by atoms with Crippen molar-refractivity contribution >= 4 is 11.9 Å². The Kier molecular flexibility index (Phi) is 45.2. The Labute approximate surface area is 353 Å². The Morgan fingerprint density at radius 3 is 1.25 bits per heavy atom. The minimum atomic E-state index is -0.862. The Morgan fingerprint density at radius 2 is 0.825 bits per heavy atom. The van der Waals surface area contributed by atoms with Crippen LogP contribution in [0.5, 0.6) is 0 Å². The van der Waals surface area contributed by atoms with E-state index >= 15 is 0 Å². The lowest BCUT2D eigenvalue weighted by Gasteiger charge is -2.20. The van der Waals surface area contributed by atoms with Crippen molar-refractivity contribution in [1.82, 2.24) is 5.32 Å². The number of amides is 1. The second-order valence-corrected chi connectivity index (χ2v) is 16.8. The summed E-state index contributed by atoms with van der Waals surface area (Å²) in [6.07, 6.45) is 55.6. The monoisotopic (exact) mass is 802 g/mol. The number of esters is 1. The van der Waals surface area contributed by atoms with Crippen LogP contribution in [0.4, 0.5) is 0 Å². The number of hydrogen-bond donors (Lipinski definition) is 3. The lowest BCUT2D eigenvalue weighted by molar-refractivity contribution is -0.143. The van der Waals surface area contributed by atoms with Gasteiger partial charge in [-0.2, -0.15) is 0 Å². The molecule has 0 heterocycles. The maximum absolute atomic E-state index is 12.4. The molecular weight excluding hydrogens is 707 g/mol. The predicted octanol–water partition coefficient (Wildman–Crippen LogP) is 14.5.